The van der Waals surface area contributed by atoms with Crippen LogP contribution in [0.15, 0.2) is 0 Å². The molecule has 0 aromatic carbocycles. The number of rotatable bonds is 2. The quantitative estimate of drug-likeness (QED) is 0.781. The van der Waals surface area contributed by atoms with Gasteiger partial charge in [0.05, 0.1) is 6.10 Å². The average Bonchev–Trinajstić information content (AvgIpc) is 2.69. The number of nitrogens with zero attached hydrogens (tertiary/aromatic N) is 1. The van der Waals surface area contributed by atoms with E-state index in [4.69, 9.17) is 0 Å². The second-order valence-corrected chi connectivity index (χ2v) is 6.37. The van der Waals surface area contributed by atoms with E-state index in [-0.39, 0.29) is 6.10 Å². The van der Waals surface area contributed by atoms with Crippen LogP contribution < -0.4 is 0 Å². The van der Waals surface area contributed by atoms with Crippen LogP contribution in [0.4, 0.5) is 0 Å². The molecule has 94 valence electrons. The Labute approximate surface area is 100 Å². The molecule has 1 saturated carbocycles. The Morgan fingerprint density at radius 2 is 2.06 bits per heavy atom. The summed E-state index contributed by atoms with van der Waals surface area (Å²) in [5, 5.41) is 9.90. The van der Waals surface area contributed by atoms with E-state index in [0.717, 1.165) is 18.9 Å². The molecular weight excluding hydrogens is 198 g/mol. The smallest absolute Gasteiger partial charge is 0.0555 e. The molecule has 2 nitrogen and oxygen atoms in total. The van der Waals surface area contributed by atoms with E-state index >= 15 is 0 Å². The minimum Gasteiger partial charge on any atom is -0.393 e. The number of aliphatic hydroxyl groups excluding tert-OH is 1. The Hall–Kier alpha value is -0.0800. The summed E-state index contributed by atoms with van der Waals surface area (Å²) in [4.78, 5) is 2.70. The Bertz CT molecular complexity index is 239. The van der Waals surface area contributed by atoms with Crippen LogP contribution in [-0.4, -0.2) is 34.7 Å². The fraction of sp³-hybridized carbons (Fsp3) is 1.00. The SMILES string of the molecule is CCC1CCCN1C1CC(O)CCC1(C)C. The van der Waals surface area contributed by atoms with Crippen molar-refractivity contribution in [2.75, 3.05) is 6.54 Å². The molecule has 1 aliphatic carbocycles. The van der Waals surface area contributed by atoms with Crippen LogP contribution in [0.3, 0.4) is 0 Å². The average molecular weight is 225 g/mol. The highest BCUT2D eigenvalue weighted by molar-refractivity contribution is 4.96. The molecule has 2 aliphatic rings. The lowest BCUT2D eigenvalue weighted by Gasteiger charge is -2.47. The monoisotopic (exact) mass is 225 g/mol. The minimum atomic E-state index is -0.0591. The number of hydrogen-bond acceptors (Lipinski definition) is 2. The van der Waals surface area contributed by atoms with Crippen LogP contribution in [0.5, 0.6) is 0 Å². The fourth-order valence-corrected chi connectivity index (χ4v) is 3.69. The molecule has 2 heteroatoms. The molecule has 0 aromatic heterocycles. The molecule has 16 heavy (non-hydrogen) atoms. The summed E-state index contributed by atoms with van der Waals surface area (Å²) in [6.07, 6.45) is 7.07. The van der Waals surface area contributed by atoms with Crippen LogP contribution in [0, 0.1) is 5.41 Å². The van der Waals surface area contributed by atoms with Crippen molar-refractivity contribution in [2.24, 2.45) is 5.41 Å². The van der Waals surface area contributed by atoms with Gasteiger partial charge in [-0.05, 0) is 50.5 Å². The molecule has 3 atom stereocenters. The van der Waals surface area contributed by atoms with Crippen molar-refractivity contribution in [1.29, 1.82) is 0 Å². The molecular formula is C14H27NO. The van der Waals surface area contributed by atoms with Gasteiger partial charge in [0.15, 0.2) is 0 Å². The van der Waals surface area contributed by atoms with Crippen molar-refractivity contribution in [1.82, 2.24) is 4.90 Å². The van der Waals surface area contributed by atoms with Crippen LogP contribution in [0.25, 0.3) is 0 Å². The van der Waals surface area contributed by atoms with Crippen molar-refractivity contribution >= 4 is 0 Å². The van der Waals surface area contributed by atoms with Gasteiger partial charge in [0, 0.05) is 12.1 Å². The van der Waals surface area contributed by atoms with Crippen LogP contribution in [0.1, 0.15) is 59.3 Å². The van der Waals surface area contributed by atoms with E-state index in [2.05, 4.69) is 25.7 Å². The second kappa shape index (κ2) is 4.66. The maximum atomic E-state index is 9.90. The van der Waals surface area contributed by atoms with E-state index in [0.29, 0.717) is 11.5 Å². The van der Waals surface area contributed by atoms with E-state index < -0.39 is 0 Å². The first-order valence-electron chi connectivity index (χ1n) is 6.98. The summed E-state index contributed by atoms with van der Waals surface area (Å²) in [7, 11) is 0. The van der Waals surface area contributed by atoms with Crippen molar-refractivity contribution in [3.63, 3.8) is 0 Å². The highest BCUT2D eigenvalue weighted by Crippen LogP contribution is 2.41. The lowest BCUT2D eigenvalue weighted by molar-refractivity contribution is -0.0172. The highest BCUT2D eigenvalue weighted by Gasteiger charge is 2.42. The van der Waals surface area contributed by atoms with Gasteiger partial charge in [-0.25, -0.2) is 0 Å². The van der Waals surface area contributed by atoms with Gasteiger partial charge in [-0.15, -0.1) is 0 Å². The molecule has 0 spiro atoms. The van der Waals surface area contributed by atoms with E-state index in [1.54, 1.807) is 0 Å². The van der Waals surface area contributed by atoms with Crippen molar-refractivity contribution in [2.45, 2.75) is 77.5 Å². The lowest BCUT2D eigenvalue weighted by Crippen LogP contribution is -2.51. The van der Waals surface area contributed by atoms with Gasteiger partial charge in [0.25, 0.3) is 0 Å². The molecule has 1 saturated heterocycles. The molecule has 0 bridgehead atoms. The molecule has 2 rings (SSSR count). The predicted molar refractivity (Wildman–Crippen MR) is 67.4 cm³/mol. The first kappa shape index (κ1) is 12.4. The number of likely N-dealkylation sites (tertiary alicyclic amines) is 1. The predicted octanol–water partition coefficient (Wildman–Crippen LogP) is 2.80. The topological polar surface area (TPSA) is 23.5 Å². The van der Waals surface area contributed by atoms with Crippen molar-refractivity contribution in [3.05, 3.63) is 0 Å². The van der Waals surface area contributed by atoms with Gasteiger partial charge in [0.1, 0.15) is 0 Å². The molecule has 1 heterocycles. The van der Waals surface area contributed by atoms with Gasteiger partial charge >= 0.3 is 0 Å². The Morgan fingerprint density at radius 3 is 2.75 bits per heavy atom. The van der Waals surface area contributed by atoms with E-state index in [9.17, 15) is 5.11 Å². The van der Waals surface area contributed by atoms with Gasteiger partial charge in [-0.1, -0.05) is 20.8 Å². The summed E-state index contributed by atoms with van der Waals surface area (Å²) < 4.78 is 0. The third-order valence-electron chi connectivity index (χ3n) is 4.81. The summed E-state index contributed by atoms with van der Waals surface area (Å²) in [5.74, 6) is 0. The molecule has 1 aliphatic heterocycles. The van der Waals surface area contributed by atoms with Gasteiger partial charge in [-0.3, -0.25) is 4.90 Å². The lowest BCUT2D eigenvalue weighted by atomic mass is 9.71. The van der Waals surface area contributed by atoms with Crippen molar-refractivity contribution in [3.8, 4) is 0 Å². The Morgan fingerprint density at radius 1 is 1.31 bits per heavy atom. The van der Waals surface area contributed by atoms with Gasteiger partial charge in [0.2, 0.25) is 0 Å². The maximum Gasteiger partial charge on any atom is 0.0555 e. The zero-order valence-electron chi connectivity index (χ0n) is 11.1. The summed E-state index contributed by atoms with van der Waals surface area (Å²) >= 11 is 0. The van der Waals surface area contributed by atoms with Gasteiger partial charge in [-0.2, -0.15) is 0 Å². The second-order valence-electron chi connectivity index (χ2n) is 6.37. The highest BCUT2D eigenvalue weighted by atomic mass is 16.3. The number of hydrogen-bond donors (Lipinski definition) is 1. The first-order chi connectivity index (χ1) is 7.54. The first-order valence-corrected chi connectivity index (χ1v) is 6.98. The summed E-state index contributed by atoms with van der Waals surface area (Å²) in [6, 6.07) is 1.37. The maximum absolute atomic E-state index is 9.90. The van der Waals surface area contributed by atoms with E-state index in [1.807, 2.05) is 0 Å². The van der Waals surface area contributed by atoms with Gasteiger partial charge < -0.3 is 5.11 Å². The summed E-state index contributed by atoms with van der Waals surface area (Å²) in [6.45, 7) is 8.32. The third kappa shape index (κ3) is 2.28. The van der Waals surface area contributed by atoms with E-state index in [1.165, 1.54) is 32.2 Å². The number of aliphatic hydroxyl groups is 1. The molecule has 3 unspecified atom stereocenters. The minimum absolute atomic E-state index is 0.0591. The largest absolute Gasteiger partial charge is 0.393 e. The van der Waals surface area contributed by atoms with Crippen LogP contribution in [-0.2, 0) is 0 Å². The Balaban J connectivity index is 2.10. The third-order valence-corrected chi connectivity index (χ3v) is 4.81. The van der Waals surface area contributed by atoms with Crippen molar-refractivity contribution < 1.29 is 5.11 Å². The van der Waals surface area contributed by atoms with Crippen LogP contribution in [0.2, 0.25) is 0 Å². The summed E-state index contributed by atoms with van der Waals surface area (Å²) in [5.41, 5.74) is 0.386. The molecule has 2 fully saturated rings. The normalized spacial score (nSPS) is 40.1. The molecule has 1 N–H and O–H groups in total. The fourth-order valence-electron chi connectivity index (χ4n) is 3.69. The van der Waals surface area contributed by atoms with Crippen LogP contribution >= 0.6 is 0 Å². The molecule has 0 radical (unpaired) electrons. The Kier molecular flexibility index (Phi) is 3.60. The molecule has 0 amide bonds. The molecule has 0 aromatic rings. The standard InChI is InChI=1S/C14H27NO/c1-4-11-6-5-9-15(11)13-10-12(16)7-8-14(13,2)3/h11-13,16H,4-10H2,1-3H3. The zero-order valence-corrected chi connectivity index (χ0v) is 11.1. The zero-order chi connectivity index (χ0) is 11.8.